The number of nitrogens with one attached hydrogen (secondary N) is 1. The van der Waals surface area contributed by atoms with Gasteiger partial charge in [0.1, 0.15) is 11.5 Å². The number of amides is 1. The quantitative estimate of drug-likeness (QED) is 0.798. The molecule has 3 rings (SSSR count). The first-order valence-corrected chi connectivity index (χ1v) is 9.95. The number of benzene rings is 2. The van der Waals surface area contributed by atoms with Crippen molar-refractivity contribution >= 4 is 5.91 Å². The number of hydrogen-bond acceptors (Lipinski definition) is 4. The second-order valence-corrected chi connectivity index (χ2v) is 7.12. The van der Waals surface area contributed by atoms with Crippen LogP contribution in [0.3, 0.4) is 0 Å². The molecule has 1 N–H and O–H groups in total. The maximum Gasteiger partial charge on any atom is 0.223 e. The van der Waals surface area contributed by atoms with E-state index in [9.17, 15) is 4.79 Å². The largest absolute Gasteiger partial charge is 0.497 e. The summed E-state index contributed by atoms with van der Waals surface area (Å²) >= 11 is 0. The Morgan fingerprint density at radius 2 is 1.75 bits per heavy atom. The van der Waals surface area contributed by atoms with Gasteiger partial charge in [0.2, 0.25) is 5.91 Å². The molecule has 2 aromatic carbocycles. The van der Waals surface area contributed by atoms with E-state index >= 15 is 0 Å². The molecule has 28 heavy (non-hydrogen) atoms. The summed E-state index contributed by atoms with van der Waals surface area (Å²) in [6.07, 6.45) is 2.16. The summed E-state index contributed by atoms with van der Waals surface area (Å²) in [5, 5.41) is 3.42. The van der Waals surface area contributed by atoms with E-state index in [0.717, 1.165) is 43.1 Å². The molecule has 1 amide bonds. The molecule has 150 valence electrons. The van der Waals surface area contributed by atoms with Crippen molar-refractivity contribution in [3.8, 4) is 11.5 Å². The van der Waals surface area contributed by atoms with Crippen molar-refractivity contribution in [3.63, 3.8) is 0 Å². The van der Waals surface area contributed by atoms with Crippen LogP contribution in [0.15, 0.2) is 42.5 Å². The summed E-state index contributed by atoms with van der Waals surface area (Å²) in [6.45, 7) is 4.52. The van der Waals surface area contributed by atoms with Crippen molar-refractivity contribution in [1.29, 1.82) is 0 Å². The normalized spacial score (nSPS) is 16.7. The number of methoxy groups -OCH3 is 2. The van der Waals surface area contributed by atoms with Crippen molar-refractivity contribution < 1.29 is 14.3 Å². The first-order chi connectivity index (χ1) is 13.6. The molecule has 0 spiro atoms. The molecule has 5 heteroatoms. The lowest BCUT2D eigenvalue weighted by molar-refractivity contribution is -0.134. The van der Waals surface area contributed by atoms with E-state index < -0.39 is 0 Å². The number of ether oxygens (including phenoxy) is 2. The zero-order valence-corrected chi connectivity index (χ0v) is 17.0. The van der Waals surface area contributed by atoms with Crippen LogP contribution in [0.25, 0.3) is 0 Å². The molecule has 1 heterocycles. The second-order valence-electron chi connectivity index (χ2n) is 7.12. The van der Waals surface area contributed by atoms with Gasteiger partial charge in [0.15, 0.2) is 0 Å². The van der Waals surface area contributed by atoms with Crippen LogP contribution in [0.4, 0.5) is 0 Å². The zero-order chi connectivity index (χ0) is 19.9. The molecule has 0 aliphatic carbocycles. The van der Waals surface area contributed by atoms with Crippen LogP contribution >= 0.6 is 0 Å². The Balaban J connectivity index is 1.69. The van der Waals surface area contributed by atoms with Crippen molar-refractivity contribution in [1.82, 2.24) is 10.2 Å². The third-order valence-corrected chi connectivity index (χ3v) is 5.38. The molecule has 1 unspecified atom stereocenters. The van der Waals surface area contributed by atoms with Gasteiger partial charge >= 0.3 is 0 Å². The van der Waals surface area contributed by atoms with Gasteiger partial charge < -0.3 is 19.7 Å². The van der Waals surface area contributed by atoms with Crippen LogP contribution in [0, 0.1) is 0 Å². The highest BCUT2D eigenvalue weighted by Crippen LogP contribution is 2.26. The van der Waals surface area contributed by atoms with Crippen LogP contribution in [-0.2, 0) is 17.6 Å². The molecule has 1 aliphatic rings. The van der Waals surface area contributed by atoms with Gasteiger partial charge in [-0.1, -0.05) is 31.2 Å². The van der Waals surface area contributed by atoms with Crippen LogP contribution in [0.1, 0.15) is 36.1 Å². The number of nitrogens with zero attached hydrogens (tertiary/aromatic N) is 1. The van der Waals surface area contributed by atoms with Gasteiger partial charge in [-0.3, -0.25) is 4.79 Å². The number of rotatable bonds is 7. The number of piperazine rings is 1. The molecule has 1 atom stereocenters. The van der Waals surface area contributed by atoms with E-state index in [1.54, 1.807) is 14.2 Å². The lowest BCUT2D eigenvalue weighted by Gasteiger charge is -2.37. The average Bonchev–Trinajstić information content (AvgIpc) is 2.77. The van der Waals surface area contributed by atoms with Gasteiger partial charge in [0.25, 0.3) is 0 Å². The molecule has 0 bridgehead atoms. The highest BCUT2D eigenvalue weighted by atomic mass is 16.5. The number of aryl methyl sites for hydroxylation is 2. The molecule has 5 nitrogen and oxygen atoms in total. The Kier molecular flexibility index (Phi) is 6.93. The van der Waals surface area contributed by atoms with E-state index in [1.165, 1.54) is 11.1 Å². The van der Waals surface area contributed by atoms with Gasteiger partial charge in [-0.05, 0) is 41.7 Å². The first kappa shape index (κ1) is 20.2. The average molecular weight is 383 g/mol. The standard InChI is InChI=1S/C23H30N2O3/c1-4-17-5-8-19(9-6-17)22-16-24-11-12-25(22)23(26)10-7-18-13-20(27-2)15-21(14-18)28-3/h5-6,8-9,13-15,22,24H,4,7,10-12,16H2,1-3H3. The maximum absolute atomic E-state index is 13.0. The Morgan fingerprint density at radius 3 is 2.36 bits per heavy atom. The molecular formula is C23H30N2O3. The number of carbonyl (C=O) groups excluding carboxylic acids is 1. The van der Waals surface area contributed by atoms with Crippen molar-refractivity contribution in [3.05, 3.63) is 59.2 Å². The smallest absolute Gasteiger partial charge is 0.223 e. The topological polar surface area (TPSA) is 50.8 Å². The van der Waals surface area contributed by atoms with Crippen LogP contribution in [0.5, 0.6) is 11.5 Å². The maximum atomic E-state index is 13.0. The third-order valence-electron chi connectivity index (χ3n) is 5.38. The lowest BCUT2D eigenvalue weighted by atomic mass is 10.00. The minimum absolute atomic E-state index is 0.0898. The van der Waals surface area contributed by atoms with Crippen molar-refractivity contribution in [2.75, 3.05) is 33.9 Å². The van der Waals surface area contributed by atoms with Crippen LogP contribution in [-0.4, -0.2) is 44.7 Å². The van der Waals surface area contributed by atoms with E-state index in [1.807, 2.05) is 23.1 Å². The Labute approximate surface area is 167 Å². The predicted molar refractivity (Wildman–Crippen MR) is 111 cm³/mol. The van der Waals surface area contributed by atoms with E-state index in [0.29, 0.717) is 12.8 Å². The van der Waals surface area contributed by atoms with Gasteiger partial charge in [-0.25, -0.2) is 0 Å². The van der Waals surface area contributed by atoms with E-state index in [2.05, 4.69) is 36.5 Å². The van der Waals surface area contributed by atoms with Gasteiger partial charge in [0, 0.05) is 32.1 Å². The fourth-order valence-corrected chi connectivity index (χ4v) is 3.68. The SMILES string of the molecule is CCc1ccc(C2CNCCN2C(=O)CCc2cc(OC)cc(OC)c2)cc1. The van der Waals surface area contributed by atoms with Gasteiger partial charge in [-0.2, -0.15) is 0 Å². The fraction of sp³-hybridized carbons (Fsp3) is 0.435. The highest BCUT2D eigenvalue weighted by Gasteiger charge is 2.27. The van der Waals surface area contributed by atoms with Crippen molar-refractivity contribution in [2.24, 2.45) is 0 Å². The molecule has 1 fully saturated rings. The minimum Gasteiger partial charge on any atom is -0.497 e. The van der Waals surface area contributed by atoms with Crippen molar-refractivity contribution in [2.45, 2.75) is 32.2 Å². The van der Waals surface area contributed by atoms with Gasteiger partial charge in [0.05, 0.1) is 20.3 Å². The zero-order valence-electron chi connectivity index (χ0n) is 17.0. The first-order valence-electron chi connectivity index (χ1n) is 9.95. The lowest BCUT2D eigenvalue weighted by Crippen LogP contribution is -2.48. The second kappa shape index (κ2) is 9.60. The summed E-state index contributed by atoms with van der Waals surface area (Å²) in [5.41, 5.74) is 3.56. The highest BCUT2D eigenvalue weighted by molar-refractivity contribution is 5.77. The summed E-state index contributed by atoms with van der Waals surface area (Å²) in [4.78, 5) is 15.0. The fourth-order valence-electron chi connectivity index (χ4n) is 3.68. The third kappa shape index (κ3) is 4.84. The summed E-state index contributed by atoms with van der Waals surface area (Å²) in [7, 11) is 3.28. The monoisotopic (exact) mass is 382 g/mol. The molecule has 0 radical (unpaired) electrons. The van der Waals surface area contributed by atoms with E-state index in [4.69, 9.17) is 9.47 Å². The van der Waals surface area contributed by atoms with Crippen LogP contribution in [0.2, 0.25) is 0 Å². The molecule has 0 saturated carbocycles. The summed E-state index contributed by atoms with van der Waals surface area (Å²) in [6, 6.07) is 14.5. The van der Waals surface area contributed by atoms with E-state index in [-0.39, 0.29) is 11.9 Å². The summed E-state index contributed by atoms with van der Waals surface area (Å²) < 4.78 is 10.7. The molecule has 0 aromatic heterocycles. The molecular weight excluding hydrogens is 352 g/mol. The Hall–Kier alpha value is -2.53. The Morgan fingerprint density at radius 1 is 1.07 bits per heavy atom. The number of hydrogen-bond donors (Lipinski definition) is 1. The Bertz CT molecular complexity index is 767. The molecule has 1 saturated heterocycles. The predicted octanol–water partition coefficient (Wildman–Crippen LogP) is 3.37. The molecule has 1 aliphatic heterocycles. The van der Waals surface area contributed by atoms with Gasteiger partial charge in [-0.15, -0.1) is 0 Å². The minimum atomic E-state index is 0.0898. The summed E-state index contributed by atoms with van der Waals surface area (Å²) in [5.74, 6) is 1.68. The number of carbonyl (C=O) groups is 1. The van der Waals surface area contributed by atoms with Crippen LogP contribution < -0.4 is 14.8 Å². The molecule has 2 aromatic rings.